The summed E-state index contributed by atoms with van der Waals surface area (Å²) in [6.07, 6.45) is 6.10. The first-order valence-corrected chi connectivity index (χ1v) is 6.10. The van der Waals surface area contributed by atoms with Crippen LogP contribution in [-0.2, 0) is 6.42 Å². The lowest BCUT2D eigenvalue weighted by Gasteiger charge is -2.18. The van der Waals surface area contributed by atoms with Gasteiger partial charge in [0.15, 0.2) is 0 Å². The second kappa shape index (κ2) is 6.15. The normalized spacial score (nSPS) is 12.1. The van der Waals surface area contributed by atoms with Crippen molar-refractivity contribution in [2.45, 2.75) is 12.5 Å². The summed E-state index contributed by atoms with van der Waals surface area (Å²) in [5.41, 5.74) is 8.84. The van der Waals surface area contributed by atoms with Gasteiger partial charge in [0.2, 0.25) is 5.88 Å². The van der Waals surface area contributed by atoms with Crippen molar-refractivity contribution < 1.29 is 4.74 Å². The molecule has 0 aliphatic rings. The summed E-state index contributed by atoms with van der Waals surface area (Å²) in [7, 11) is 3.52. The van der Waals surface area contributed by atoms with Crippen LogP contribution in [0.4, 0.5) is 5.69 Å². The summed E-state index contributed by atoms with van der Waals surface area (Å²) < 4.78 is 5.05. The van der Waals surface area contributed by atoms with Crippen molar-refractivity contribution in [1.29, 1.82) is 0 Å². The Morgan fingerprint density at radius 3 is 2.74 bits per heavy atom. The predicted octanol–water partition coefficient (Wildman–Crippen LogP) is 1.57. The molecule has 19 heavy (non-hydrogen) atoms. The summed E-state index contributed by atoms with van der Waals surface area (Å²) in [6.45, 7) is 0. The van der Waals surface area contributed by atoms with Gasteiger partial charge in [-0.05, 0) is 25.1 Å². The van der Waals surface area contributed by atoms with Gasteiger partial charge < -0.3 is 15.8 Å². The first kappa shape index (κ1) is 13.3. The smallest absolute Gasteiger partial charge is 0.212 e. The Bertz CT molecular complexity index is 527. The van der Waals surface area contributed by atoms with E-state index in [4.69, 9.17) is 10.5 Å². The minimum Gasteiger partial charge on any atom is -0.481 e. The molecule has 1 unspecified atom stereocenters. The van der Waals surface area contributed by atoms with E-state index in [2.05, 4.69) is 15.3 Å². The largest absolute Gasteiger partial charge is 0.481 e. The molecule has 2 rings (SSSR count). The van der Waals surface area contributed by atoms with Crippen LogP contribution in [0.3, 0.4) is 0 Å². The quantitative estimate of drug-likeness (QED) is 0.851. The number of aromatic nitrogens is 2. The molecule has 5 heteroatoms. The molecule has 0 aliphatic heterocycles. The van der Waals surface area contributed by atoms with E-state index in [1.54, 1.807) is 19.5 Å². The third-order valence-corrected chi connectivity index (χ3v) is 3.06. The molecule has 0 spiro atoms. The summed E-state index contributed by atoms with van der Waals surface area (Å²) in [5.74, 6) is 0.616. The number of nitrogens with two attached hydrogens (primary N) is 1. The van der Waals surface area contributed by atoms with Crippen molar-refractivity contribution in [3.8, 4) is 5.88 Å². The summed E-state index contributed by atoms with van der Waals surface area (Å²) in [6, 6.07) is 5.78. The van der Waals surface area contributed by atoms with Gasteiger partial charge in [0.25, 0.3) is 0 Å². The fourth-order valence-corrected chi connectivity index (χ4v) is 1.96. The number of ether oxygens (including phenoxy) is 1. The predicted molar refractivity (Wildman–Crippen MR) is 74.9 cm³/mol. The van der Waals surface area contributed by atoms with Crippen LogP contribution in [0.2, 0.25) is 0 Å². The molecule has 0 aromatic carbocycles. The number of likely N-dealkylation sites (N-methyl/N-ethyl adjacent to an activating group) is 1. The molecule has 0 fully saturated rings. The highest BCUT2D eigenvalue weighted by atomic mass is 16.5. The summed E-state index contributed by atoms with van der Waals surface area (Å²) in [4.78, 5) is 8.33. The molecular formula is C14H18N4O. The lowest BCUT2D eigenvalue weighted by molar-refractivity contribution is 0.397. The maximum absolute atomic E-state index is 5.98. The maximum Gasteiger partial charge on any atom is 0.212 e. The van der Waals surface area contributed by atoms with Crippen molar-refractivity contribution >= 4 is 5.69 Å². The van der Waals surface area contributed by atoms with Crippen molar-refractivity contribution in [2.24, 2.45) is 0 Å². The average Bonchev–Trinajstić information content (AvgIpc) is 2.46. The molecule has 100 valence electrons. The van der Waals surface area contributed by atoms with Gasteiger partial charge in [0, 0.05) is 41.9 Å². The zero-order chi connectivity index (χ0) is 13.7. The number of nitrogens with zero attached hydrogens (tertiary/aromatic N) is 2. The second-order valence-electron chi connectivity index (χ2n) is 4.26. The van der Waals surface area contributed by atoms with Gasteiger partial charge in [-0.25, -0.2) is 4.98 Å². The van der Waals surface area contributed by atoms with E-state index in [0.29, 0.717) is 5.88 Å². The van der Waals surface area contributed by atoms with E-state index in [0.717, 1.165) is 23.2 Å². The number of pyridine rings is 2. The Morgan fingerprint density at radius 1 is 1.32 bits per heavy atom. The third kappa shape index (κ3) is 3.20. The van der Waals surface area contributed by atoms with Gasteiger partial charge in [-0.2, -0.15) is 0 Å². The monoisotopic (exact) mass is 258 g/mol. The Balaban J connectivity index is 2.17. The highest BCUT2D eigenvalue weighted by molar-refractivity contribution is 5.46. The molecule has 2 heterocycles. The Morgan fingerprint density at radius 2 is 2.16 bits per heavy atom. The van der Waals surface area contributed by atoms with Crippen LogP contribution in [-0.4, -0.2) is 24.1 Å². The van der Waals surface area contributed by atoms with Gasteiger partial charge in [0.05, 0.1) is 7.11 Å². The van der Waals surface area contributed by atoms with E-state index in [-0.39, 0.29) is 6.04 Å². The number of anilines is 1. The lowest BCUT2D eigenvalue weighted by atomic mass is 10.0. The zero-order valence-electron chi connectivity index (χ0n) is 11.1. The lowest BCUT2D eigenvalue weighted by Crippen LogP contribution is -2.20. The molecule has 3 N–H and O–H groups in total. The first-order chi connectivity index (χ1) is 9.24. The van der Waals surface area contributed by atoms with E-state index >= 15 is 0 Å². The molecular weight excluding hydrogens is 240 g/mol. The van der Waals surface area contributed by atoms with Gasteiger partial charge in [-0.15, -0.1) is 0 Å². The van der Waals surface area contributed by atoms with Crippen LogP contribution < -0.4 is 15.8 Å². The SMILES string of the molecule is CNC(Cc1ccc(OC)nc1)c1cnccc1N. The van der Waals surface area contributed by atoms with Crippen LogP contribution in [0.1, 0.15) is 17.2 Å². The van der Waals surface area contributed by atoms with Gasteiger partial charge >= 0.3 is 0 Å². The van der Waals surface area contributed by atoms with Crippen LogP contribution in [0.15, 0.2) is 36.8 Å². The highest BCUT2D eigenvalue weighted by Gasteiger charge is 2.13. The fourth-order valence-electron chi connectivity index (χ4n) is 1.96. The molecule has 0 radical (unpaired) electrons. The Labute approximate surface area is 112 Å². The summed E-state index contributed by atoms with van der Waals surface area (Å²) >= 11 is 0. The number of nitrogens with one attached hydrogen (secondary N) is 1. The molecule has 2 aromatic rings. The van der Waals surface area contributed by atoms with E-state index < -0.39 is 0 Å². The fraction of sp³-hybridized carbons (Fsp3) is 0.286. The number of hydrogen-bond donors (Lipinski definition) is 2. The Kier molecular flexibility index (Phi) is 4.30. The molecule has 0 bridgehead atoms. The summed E-state index contributed by atoms with van der Waals surface area (Å²) in [5, 5.41) is 3.26. The van der Waals surface area contributed by atoms with Crippen LogP contribution >= 0.6 is 0 Å². The molecule has 2 aromatic heterocycles. The van der Waals surface area contributed by atoms with Crippen LogP contribution in [0.25, 0.3) is 0 Å². The highest BCUT2D eigenvalue weighted by Crippen LogP contribution is 2.22. The van der Waals surface area contributed by atoms with Crippen molar-refractivity contribution in [3.05, 3.63) is 47.9 Å². The third-order valence-electron chi connectivity index (χ3n) is 3.06. The maximum atomic E-state index is 5.98. The number of hydrogen-bond acceptors (Lipinski definition) is 5. The van der Waals surface area contributed by atoms with Gasteiger partial charge in [-0.1, -0.05) is 6.07 Å². The van der Waals surface area contributed by atoms with E-state index in [9.17, 15) is 0 Å². The molecule has 0 amide bonds. The van der Waals surface area contributed by atoms with Crippen LogP contribution in [0, 0.1) is 0 Å². The van der Waals surface area contributed by atoms with Gasteiger partial charge in [0.1, 0.15) is 0 Å². The second-order valence-corrected chi connectivity index (χ2v) is 4.26. The zero-order valence-corrected chi connectivity index (χ0v) is 11.1. The van der Waals surface area contributed by atoms with Crippen LogP contribution in [0.5, 0.6) is 5.88 Å². The minimum absolute atomic E-state index is 0.115. The molecule has 0 saturated heterocycles. The number of methoxy groups -OCH3 is 1. The van der Waals surface area contributed by atoms with E-state index in [1.165, 1.54) is 0 Å². The van der Waals surface area contributed by atoms with Gasteiger partial charge in [-0.3, -0.25) is 4.98 Å². The standard InChI is InChI=1S/C14H18N4O/c1-16-13(11-9-17-6-5-12(11)15)7-10-3-4-14(19-2)18-8-10/h3-6,8-9,13,16H,7H2,1-2H3,(H2,15,17). The minimum atomic E-state index is 0.115. The molecule has 0 saturated carbocycles. The molecule has 1 atom stereocenters. The first-order valence-electron chi connectivity index (χ1n) is 6.10. The number of rotatable bonds is 5. The van der Waals surface area contributed by atoms with Crippen molar-refractivity contribution in [3.63, 3.8) is 0 Å². The number of nitrogen functional groups attached to an aromatic ring is 1. The Hall–Kier alpha value is -2.14. The van der Waals surface area contributed by atoms with E-state index in [1.807, 2.05) is 31.4 Å². The van der Waals surface area contributed by atoms with Crippen molar-refractivity contribution in [2.75, 3.05) is 19.9 Å². The molecule has 0 aliphatic carbocycles. The average molecular weight is 258 g/mol. The molecule has 5 nitrogen and oxygen atoms in total. The topological polar surface area (TPSA) is 73.1 Å². The van der Waals surface area contributed by atoms with Crippen molar-refractivity contribution in [1.82, 2.24) is 15.3 Å².